The largest absolute Gasteiger partial charge is 0.259 e. The van der Waals surface area contributed by atoms with Crippen molar-refractivity contribution in [2.24, 2.45) is 0 Å². The van der Waals surface area contributed by atoms with E-state index < -0.39 is 25.4 Å². The van der Waals surface area contributed by atoms with Gasteiger partial charge >= 0.3 is 0 Å². The minimum Gasteiger partial charge on any atom is -0.259 e. The Morgan fingerprint density at radius 2 is 1.95 bits per heavy atom. The highest BCUT2D eigenvalue weighted by Gasteiger charge is 2.23. The Morgan fingerprint density at radius 1 is 1.32 bits per heavy atom. The highest BCUT2D eigenvalue weighted by Crippen LogP contribution is 2.16. The first kappa shape index (κ1) is 15.9. The Kier molecular flexibility index (Phi) is 4.88. The molecule has 1 unspecified atom stereocenters. The van der Waals surface area contributed by atoms with Gasteiger partial charge in [-0.1, -0.05) is 6.07 Å². The summed E-state index contributed by atoms with van der Waals surface area (Å²) in [6, 6.07) is 7.78. The van der Waals surface area contributed by atoms with Crippen molar-refractivity contribution in [3.63, 3.8) is 0 Å². The summed E-state index contributed by atoms with van der Waals surface area (Å²) in [6.07, 6.45) is 0. The number of rotatable bonds is 4. The molecular weight excluding hydrogens is 282 g/mol. The average Bonchev–Trinajstić information content (AvgIpc) is 2.35. The number of nitriles is 1. The first-order valence-electron chi connectivity index (χ1n) is 5.78. The maximum Gasteiger partial charge on any atom is 0.179 e. The van der Waals surface area contributed by atoms with Crippen LogP contribution < -0.4 is 0 Å². The van der Waals surface area contributed by atoms with Gasteiger partial charge in [0.15, 0.2) is 9.84 Å². The van der Waals surface area contributed by atoms with Crippen LogP contribution in [0.1, 0.15) is 26.3 Å². The quantitative estimate of drug-likeness (QED) is 0.850. The molecule has 0 aliphatic carbocycles. The van der Waals surface area contributed by atoms with Crippen LogP contribution in [0.2, 0.25) is 0 Å². The van der Waals surface area contributed by atoms with Crippen LogP contribution in [0.4, 0.5) is 0 Å². The predicted octanol–water partition coefficient (Wildman–Crippen LogP) is 1.88. The van der Waals surface area contributed by atoms with Gasteiger partial charge < -0.3 is 0 Å². The third-order valence-electron chi connectivity index (χ3n) is 2.54. The first-order chi connectivity index (χ1) is 8.66. The van der Waals surface area contributed by atoms with Crippen LogP contribution in [0.3, 0.4) is 0 Å². The van der Waals surface area contributed by atoms with Crippen molar-refractivity contribution in [2.45, 2.75) is 30.4 Å². The van der Waals surface area contributed by atoms with Crippen LogP contribution in [0.15, 0.2) is 29.2 Å². The topological polar surface area (TPSA) is 75.0 Å². The fourth-order valence-corrected chi connectivity index (χ4v) is 4.29. The number of hydrogen-bond acceptors (Lipinski definition) is 4. The number of benzene rings is 1. The molecule has 0 aromatic heterocycles. The van der Waals surface area contributed by atoms with E-state index in [1.54, 1.807) is 6.07 Å². The molecule has 6 heteroatoms. The molecule has 4 nitrogen and oxygen atoms in total. The van der Waals surface area contributed by atoms with Gasteiger partial charge in [-0.05, 0) is 39.0 Å². The lowest BCUT2D eigenvalue weighted by atomic mass is 10.2. The van der Waals surface area contributed by atoms with Gasteiger partial charge in [-0.3, -0.25) is 4.21 Å². The van der Waals surface area contributed by atoms with Crippen molar-refractivity contribution in [1.29, 1.82) is 5.26 Å². The lowest BCUT2D eigenvalue weighted by Crippen LogP contribution is -2.27. The molecule has 0 heterocycles. The molecule has 104 valence electrons. The van der Waals surface area contributed by atoms with Crippen LogP contribution in [0.5, 0.6) is 0 Å². The lowest BCUT2D eigenvalue weighted by molar-refractivity contribution is 0.596. The zero-order valence-corrected chi connectivity index (χ0v) is 12.8. The Labute approximate surface area is 116 Å². The molecule has 1 aromatic carbocycles. The number of sulfone groups is 1. The van der Waals surface area contributed by atoms with Gasteiger partial charge in [0, 0.05) is 21.3 Å². The summed E-state index contributed by atoms with van der Waals surface area (Å²) < 4.78 is 35.6. The van der Waals surface area contributed by atoms with Gasteiger partial charge in [0.25, 0.3) is 0 Å². The van der Waals surface area contributed by atoms with Crippen LogP contribution in [-0.2, 0) is 20.6 Å². The van der Waals surface area contributed by atoms with E-state index in [1.165, 1.54) is 18.2 Å². The lowest BCUT2D eigenvalue weighted by Gasteiger charge is -2.17. The highest BCUT2D eigenvalue weighted by atomic mass is 32.2. The van der Waals surface area contributed by atoms with E-state index in [2.05, 4.69) is 0 Å². The Hall–Kier alpha value is -1.19. The molecule has 0 amide bonds. The molecule has 1 aromatic rings. The second-order valence-corrected chi connectivity index (χ2v) is 9.55. The zero-order valence-electron chi connectivity index (χ0n) is 11.2. The third kappa shape index (κ3) is 4.44. The van der Waals surface area contributed by atoms with Crippen LogP contribution in [-0.4, -0.2) is 28.9 Å². The third-order valence-corrected chi connectivity index (χ3v) is 6.46. The summed E-state index contributed by atoms with van der Waals surface area (Å²) in [5, 5.41) is 8.76. The summed E-state index contributed by atoms with van der Waals surface area (Å²) in [4.78, 5) is 0.109. The standard InChI is InChI=1S/C13H17NO3S2/c1-13(2,3)18(15)7-8-19(16,17)12-6-4-5-11(9-12)10-14/h4-6,9H,7-8H2,1-3H3. The van der Waals surface area contributed by atoms with Crippen LogP contribution >= 0.6 is 0 Å². The predicted molar refractivity (Wildman–Crippen MR) is 76.0 cm³/mol. The molecule has 0 aliphatic rings. The fourth-order valence-electron chi connectivity index (χ4n) is 1.37. The summed E-state index contributed by atoms with van der Waals surface area (Å²) in [5.74, 6) is -0.0750. The van der Waals surface area contributed by atoms with E-state index in [-0.39, 0.29) is 16.4 Å². The minimum absolute atomic E-state index is 0.0998. The molecule has 0 N–H and O–H groups in total. The van der Waals surface area contributed by atoms with Gasteiger partial charge in [-0.2, -0.15) is 5.26 Å². The molecule has 1 rings (SSSR count). The molecular formula is C13H17NO3S2. The molecule has 0 fully saturated rings. The molecule has 0 aliphatic heterocycles. The Balaban J connectivity index is 2.88. The second kappa shape index (κ2) is 5.85. The average molecular weight is 299 g/mol. The van der Waals surface area contributed by atoms with Crippen molar-refractivity contribution in [3.05, 3.63) is 29.8 Å². The van der Waals surface area contributed by atoms with Gasteiger partial charge in [0.1, 0.15) is 0 Å². The summed E-state index contributed by atoms with van der Waals surface area (Å²) >= 11 is 0. The van der Waals surface area contributed by atoms with Crippen molar-refractivity contribution >= 4 is 20.6 Å². The summed E-state index contributed by atoms with van der Waals surface area (Å²) in [6.45, 7) is 5.43. The molecule has 19 heavy (non-hydrogen) atoms. The van der Waals surface area contributed by atoms with E-state index >= 15 is 0 Å². The monoisotopic (exact) mass is 299 g/mol. The normalized spacial score (nSPS) is 13.8. The van der Waals surface area contributed by atoms with Crippen molar-refractivity contribution in [2.75, 3.05) is 11.5 Å². The molecule has 0 saturated heterocycles. The van der Waals surface area contributed by atoms with E-state index in [1.807, 2.05) is 26.8 Å². The summed E-state index contributed by atoms with van der Waals surface area (Å²) in [5.41, 5.74) is 0.304. The van der Waals surface area contributed by atoms with E-state index in [4.69, 9.17) is 5.26 Å². The van der Waals surface area contributed by atoms with Crippen molar-refractivity contribution in [1.82, 2.24) is 0 Å². The maximum absolute atomic E-state index is 12.1. The molecule has 0 radical (unpaired) electrons. The van der Waals surface area contributed by atoms with Crippen LogP contribution in [0, 0.1) is 11.3 Å². The molecule has 0 spiro atoms. The van der Waals surface area contributed by atoms with Crippen molar-refractivity contribution < 1.29 is 12.6 Å². The maximum atomic E-state index is 12.1. The molecule has 0 saturated carbocycles. The minimum atomic E-state index is -3.49. The fraction of sp³-hybridized carbons (Fsp3) is 0.462. The summed E-state index contributed by atoms with van der Waals surface area (Å²) in [7, 11) is -4.70. The second-order valence-electron chi connectivity index (χ2n) is 5.12. The Morgan fingerprint density at radius 3 is 2.47 bits per heavy atom. The van der Waals surface area contributed by atoms with E-state index in [0.29, 0.717) is 5.56 Å². The Bertz CT molecular complexity index is 622. The zero-order chi connectivity index (χ0) is 14.7. The van der Waals surface area contributed by atoms with Crippen molar-refractivity contribution in [3.8, 4) is 6.07 Å². The highest BCUT2D eigenvalue weighted by molar-refractivity contribution is 7.93. The van der Waals surface area contributed by atoms with E-state index in [0.717, 1.165) is 0 Å². The molecule has 1 atom stereocenters. The van der Waals surface area contributed by atoms with Gasteiger partial charge in [-0.15, -0.1) is 0 Å². The van der Waals surface area contributed by atoms with Gasteiger partial charge in [-0.25, -0.2) is 8.42 Å². The van der Waals surface area contributed by atoms with Gasteiger partial charge in [0.05, 0.1) is 22.3 Å². The van der Waals surface area contributed by atoms with Crippen LogP contribution in [0.25, 0.3) is 0 Å². The number of hydrogen-bond donors (Lipinski definition) is 0. The molecule has 0 bridgehead atoms. The smallest absolute Gasteiger partial charge is 0.179 e. The van der Waals surface area contributed by atoms with Gasteiger partial charge in [0.2, 0.25) is 0 Å². The first-order valence-corrected chi connectivity index (χ1v) is 8.75. The van der Waals surface area contributed by atoms with E-state index in [9.17, 15) is 12.6 Å². The SMILES string of the molecule is CC(C)(C)S(=O)CCS(=O)(=O)c1cccc(C#N)c1. The number of nitrogens with zero attached hydrogens (tertiary/aromatic N) is 1.